The van der Waals surface area contributed by atoms with Crippen LogP contribution < -0.4 is 4.74 Å². The van der Waals surface area contributed by atoms with Crippen LogP contribution >= 0.6 is 0 Å². The summed E-state index contributed by atoms with van der Waals surface area (Å²) in [5.74, 6) is 2.41. The van der Waals surface area contributed by atoms with Gasteiger partial charge < -0.3 is 9.84 Å². The lowest BCUT2D eigenvalue weighted by molar-refractivity contribution is 0.100. The average molecular weight is 296 g/mol. The molecule has 2 nitrogen and oxygen atoms in total. The van der Waals surface area contributed by atoms with E-state index in [2.05, 4.69) is 25.1 Å². The number of rotatable bonds is 6. The third-order valence-corrected chi connectivity index (χ3v) is 4.73. The van der Waals surface area contributed by atoms with Crippen molar-refractivity contribution in [1.82, 2.24) is 0 Å². The van der Waals surface area contributed by atoms with Crippen LogP contribution in [0.5, 0.6) is 11.5 Å². The first-order chi connectivity index (χ1) is 10.7. The molecule has 0 heterocycles. The second-order valence-corrected chi connectivity index (χ2v) is 6.73. The fraction of sp³-hybridized carbons (Fsp3) is 0.400. The Morgan fingerprint density at radius 3 is 2.50 bits per heavy atom. The van der Waals surface area contributed by atoms with Crippen LogP contribution in [0.15, 0.2) is 54.6 Å². The monoisotopic (exact) mass is 296 g/mol. The van der Waals surface area contributed by atoms with Crippen molar-refractivity contribution in [2.24, 2.45) is 5.41 Å². The summed E-state index contributed by atoms with van der Waals surface area (Å²) in [4.78, 5) is 0. The van der Waals surface area contributed by atoms with Crippen LogP contribution in [-0.2, 0) is 0 Å². The fourth-order valence-corrected chi connectivity index (χ4v) is 3.53. The van der Waals surface area contributed by atoms with Crippen molar-refractivity contribution in [3.05, 3.63) is 60.2 Å². The number of aliphatic hydroxyl groups excluding tert-OH is 1. The zero-order valence-electron chi connectivity index (χ0n) is 13.2. The maximum Gasteiger partial charge on any atom is 0.127 e. The van der Waals surface area contributed by atoms with E-state index >= 15 is 0 Å². The van der Waals surface area contributed by atoms with Gasteiger partial charge in [0.25, 0.3) is 0 Å². The second-order valence-electron chi connectivity index (χ2n) is 6.73. The van der Waals surface area contributed by atoms with Gasteiger partial charge in [0.1, 0.15) is 11.5 Å². The van der Waals surface area contributed by atoms with Gasteiger partial charge in [0.2, 0.25) is 0 Å². The van der Waals surface area contributed by atoms with Gasteiger partial charge in [-0.05, 0) is 66.8 Å². The van der Waals surface area contributed by atoms with Crippen LogP contribution in [0, 0.1) is 5.41 Å². The van der Waals surface area contributed by atoms with Gasteiger partial charge in [0, 0.05) is 6.61 Å². The molecule has 0 aromatic heterocycles. The van der Waals surface area contributed by atoms with E-state index < -0.39 is 0 Å². The summed E-state index contributed by atoms with van der Waals surface area (Å²) in [6.45, 7) is 2.64. The van der Waals surface area contributed by atoms with Gasteiger partial charge in [-0.15, -0.1) is 0 Å². The van der Waals surface area contributed by atoms with E-state index in [1.165, 1.54) is 18.4 Å². The average Bonchev–Trinajstić information content (AvgIpc) is 2.51. The largest absolute Gasteiger partial charge is 0.457 e. The van der Waals surface area contributed by atoms with Crippen LogP contribution in [0.4, 0.5) is 0 Å². The molecule has 0 unspecified atom stereocenters. The van der Waals surface area contributed by atoms with E-state index in [0.717, 1.165) is 24.3 Å². The maximum absolute atomic E-state index is 8.99. The summed E-state index contributed by atoms with van der Waals surface area (Å²) < 4.78 is 5.92. The molecular formula is C20H24O2. The number of hydrogen-bond acceptors (Lipinski definition) is 2. The van der Waals surface area contributed by atoms with E-state index in [1.807, 2.05) is 36.4 Å². The van der Waals surface area contributed by atoms with Crippen molar-refractivity contribution >= 4 is 0 Å². The molecule has 0 aliphatic heterocycles. The van der Waals surface area contributed by atoms with Gasteiger partial charge in [0.05, 0.1) is 0 Å². The molecule has 2 heteroatoms. The molecule has 0 spiro atoms. The summed E-state index contributed by atoms with van der Waals surface area (Å²) in [5, 5.41) is 8.99. The van der Waals surface area contributed by atoms with Crippen molar-refractivity contribution < 1.29 is 9.84 Å². The highest BCUT2D eigenvalue weighted by atomic mass is 16.5. The summed E-state index contributed by atoms with van der Waals surface area (Å²) in [7, 11) is 0. The van der Waals surface area contributed by atoms with Crippen LogP contribution in [0.25, 0.3) is 0 Å². The highest BCUT2D eigenvalue weighted by Crippen LogP contribution is 2.53. The van der Waals surface area contributed by atoms with E-state index in [1.54, 1.807) is 0 Å². The highest BCUT2D eigenvalue weighted by molar-refractivity contribution is 5.36. The van der Waals surface area contributed by atoms with Crippen molar-refractivity contribution in [2.75, 3.05) is 6.61 Å². The molecule has 0 amide bonds. The van der Waals surface area contributed by atoms with E-state index in [4.69, 9.17) is 9.84 Å². The van der Waals surface area contributed by atoms with E-state index in [9.17, 15) is 0 Å². The van der Waals surface area contributed by atoms with Crippen LogP contribution in [0.3, 0.4) is 0 Å². The lowest BCUT2D eigenvalue weighted by atomic mass is 9.59. The predicted octanol–water partition coefficient (Wildman–Crippen LogP) is 5.14. The molecule has 0 bridgehead atoms. The zero-order valence-corrected chi connectivity index (χ0v) is 13.2. The number of hydrogen-bond donors (Lipinski definition) is 1. The molecule has 1 N–H and O–H groups in total. The number of benzene rings is 2. The molecular weight excluding hydrogens is 272 g/mol. The molecule has 3 rings (SSSR count). The first-order valence-corrected chi connectivity index (χ1v) is 8.12. The van der Waals surface area contributed by atoms with Crippen molar-refractivity contribution in [3.8, 4) is 11.5 Å². The first-order valence-electron chi connectivity index (χ1n) is 8.12. The quantitative estimate of drug-likeness (QED) is 0.800. The molecule has 2 aromatic rings. The molecule has 2 aromatic carbocycles. The molecule has 22 heavy (non-hydrogen) atoms. The Bertz CT molecular complexity index is 600. The van der Waals surface area contributed by atoms with Gasteiger partial charge in [-0.2, -0.15) is 0 Å². The smallest absolute Gasteiger partial charge is 0.127 e. The van der Waals surface area contributed by atoms with Crippen LogP contribution in [0.1, 0.15) is 44.1 Å². The molecule has 0 atom stereocenters. The Morgan fingerprint density at radius 1 is 1.05 bits per heavy atom. The molecule has 0 radical (unpaired) electrons. The summed E-state index contributed by atoms with van der Waals surface area (Å²) in [5.41, 5.74) is 1.78. The SMILES string of the molecule is CC1(CCCO)CC(c2cccc(Oc3ccccc3)c2)C1. The molecule has 1 fully saturated rings. The summed E-state index contributed by atoms with van der Waals surface area (Å²) in [6, 6.07) is 18.4. The second kappa shape index (κ2) is 6.53. The third-order valence-electron chi connectivity index (χ3n) is 4.73. The van der Waals surface area contributed by atoms with Gasteiger partial charge >= 0.3 is 0 Å². The van der Waals surface area contributed by atoms with E-state index in [0.29, 0.717) is 17.9 Å². The van der Waals surface area contributed by atoms with Crippen LogP contribution in [0.2, 0.25) is 0 Å². The normalized spacial score (nSPS) is 23.8. The van der Waals surface area contributed by atoms with Gasteiger partial charge in [-0.3, -0.25) is 0 Å². The Hall–Kier alpha value is -1.80. The lowest BCUT2D eigenvalue weighted by Gasteiger charge is -2.46. The van der Waals surface area contributed by atoms with Gasteiger partial charge in [-0.1, -0.05) is 37.3 Å². The number of para-hydroxylation sites is 1. The molecule has 116 valence electrons. The minimum Gasteiger partial charge on any atom is -0.457 e. The zero-order chi connectivity index (χ0) is 15.4. The number of ether oxygens (including phenoxy) is 1. The standard InChI is InChI=1S/C20H24O2/c1-20(11-6-12-21)14-17(15-20)16-7-5-10-19(13-16)22-18-8-3-2-4-9-18/h2-5,7-10,13,17,21H,6,11-12,14-15H2,1H3. The van der Waals surface area contributed by atoms with Gasteiger partial charge in [-0.25, -0.2) is 0 Å². The minimum atomic E-state index is 0.306. The summed E-state index contributed by atoms with van der Waals surface area (Å²) in [6.07, 6.45) is 4.46. The minimum absolute atomic E-state index is 0.306. The molecule has 0 saturated heterocycles. The predicted molar refractivity (Wildman–Crippen MR) is 89.4 cm³/mol. The lowest BCUT2D eigenvalue weighted by Crippen LogP contribution is -2.33. The number of aliphatic hydroxyl groups is 1. The highest BCUT2D eigenvalue weighted by Gasteiger charge is 2.40. The fourth-order valence-electron chi connectivity index (χ4n) is 3.53. The molecule has 1 aliphatic rings. The van der Waals surface area contributed by atoms with E-state index in [-0.39, 0.29) is 0 Å². The topological polar surface area (TPSA) is 29.5 Å². The first kappa shape index (κ1) is 15.1. The molecule has 1 saturated carbocycles. The maximum atomic E-state index is 8.99. The third kappa shape index (κ3) is 3.50. The van der Waals surface area contributed by atoms with Gasteiger partial charge in [0.15, 0.2) is 0 Å². The van der Waals surface area contributed by atoms with Crippen LogP contribution in [-0.4, -0.2) is 11.7 Å². The van der Waals surface area contributed by atoms with Crippen molar-refractivity contribution in [1.29, 1.82) is 0 Å². The Labute approximate surface area is 132 Å². The van der Waals surface area contributed by atoms with Crippen molar-refractivity contribution in [3.63, 3.8) is 0 Å². The Balaban J connectivity index is 1.63. The molecule has 1 aliphatic carbocycles. The summed E-state index contributed by atoms with van der Waals surface area (Å²) >= 11 is 0. The van der Waals surface area contributed by atoms with Crippen molar-refractivity contribution in [2.45, 2.75) is 38.5 Å². The Kier molecular flexibility index (Phi) is 4.49. The Morgan fingerprint density at radius 2 is 1.77 bits per heavy atom.